The molecule has 0 spiro atoms. The summed E-state index contributed by atoms with van der Waals surface area (Å²) in [6.07, 6.45) is 0. The lowest BCUT2D eigenvalue weighted by molar-refractivity contribution is -0.116. The fourth-order valence-electron chi connectivity index (χ4n) is 0. The minimum Gasteiger partial charge on any atom is -0.251 e. The predicted molar refractivity (Wildman–Crippen MR) is 15.5 cm³/mol. The summed E-state index contributed by atoms with van der Waals surface area (Å²) in [5, 5.41) is 11.7. The van der Waals surface area contributed by atoms with E-state index in [1.807, 2.05) is 0 Å². The van der Waals surface area contributed by atoms with Gasteiger partial charge in [-0.05, 0) is 0 Å². The van der Waals surface area contributed by atoms with Crippen LogP contribution in [-0.4, -0.2) is 5.26 Å². The zero-order valence-electron chi connectivity index (χ0n) is 1.84. The second-order valence-electron chi connectivity index (χ2n) is 0.171. The summed E-state index contributed by atoms with van der Waals surface area (Å²) in [5.41, 5.74) is 0. The van der Waals surface area contributed by atoms with Crippen LogP contribution in [0.1, 0.15) is 0 Å². The summed E-state index contributed by atoms with van der Waals surface area (Å²) in [7, 11) is 0. The minimum absolute atomic E-state index is 0.412. The van der Waals surface area contributed by atoms with Gasteiger partial charge in [0.1, 0.15) is 12.2 Å². The van der Waals surface area contributed by atoms with Crippen molar-refractivity contribution in [3.05, 3.63) is 0 Å². The van der Waals surface area contributed by atoms with Gasteiger partial charge < -0.3 is 0 Å². The molecule has 0 heterocycles. The molecule has 0 aliphatic heterocycles. The van der Waals surface area contributed by atoms with Crippen LogP contribution in [0.2, 0.25) is 0 Å². The topological polar surface area (TPSA) is 55.5 Å². The zero-order chi connectivity index (χ0) is 3.41. The fourth-order valence-corrected chi connectivity index (χ4v) is 0. The van der Waals surface area contributed by atoms with Crippen molar-refractivity contribution < 1.29 is 9.59 Å². The molecule has 0 saturated carbocycles. The van der Waals surface area contributed by atoms with Gasteiger partial charge >= 0.3 is 0 Å². The minimum atomic E-state index is 0.412. The third-order valence-corrected chi connectivity index (χ3v) is 0.129. The molecular weight excluding hydrogens is 78.1 g/mol. The molecule has 0 saturated heterocycles. The van der Waals surface area contributed by atoms with Crippen molar-refractivity contribution in [2.24, 2.45) is 5.14 Å². The second-order valence-corrected chi connectivity index (χ2v) is 0.512. The zero-order valence-corrected chi connectivity index (χ0v) is 2.66. The Morgan fingerprint density at radius 2 is 2.25 bits per heavy atom. The van der Waals surface area contributed by atoms with E-state index in [-0.39, 0.29) is 0 Å². The molecule has 0 aromatic carbocycles. The van der Waals surface area contributed by atoms with Crippen molar-refractivity contribution in [3.8, 4) is 0 Å². The van der Waals surface area contributed by atoms with Crippen LogP contribution < -0.4 is 5.14 Å². The fraction of sp³-hybridized carbons (Fsp3) is 0. The molecule has 4 heteroatoms. The molecule has 0 aromatic rings. The first-order chi connectivity index (χ1) is 1.91. The van der Waals surface area contributed by atoms with Crippen LogP contribution in [0.4, 0.5) is 0 Å². The van der Waals surface area contributed by atoms with Gasteiger partial charge in [-0.1, -0.05) is 0 Å². The Morgan fingerprint density at radius 3 is 2.25 bits per heavy atom. The summed E-state index contributed by atoms with van der Waals surface area (Å²) >= 11 is 0.412. The third-order valence-electron chi connectivity index (χ3n) is 0.0430. The lowest BCUT2D eigenvalue weighted by Crippen LogP contribution is -1.74. The van der Waals surface area contributed by atoms with Gasteiger partial charge in [0, 0.05) is 0 Å². The third kappa shape index (κ3) is 2.23. The Bertz CT molecular complexity index is 8.00. The van der Waals surface area contributed by atoms with E-state index in [2.05, 4.69) is 9.47 Å². The molecule has 0 aliphatic rings. The smallest absolute Gasteiger partial charge is 0.114 e. The van der Waals surface area contributed by atoms with E-state index in [0.29, 0.717) is 12.2 Å². The maximum absolute atomic E-state index is 7.21. The number of nitrogens with two attached hydrogens (primary N) is 1. The Morgan fingerprint density at radius 1 is 2.00 bits per heavy atom. The van der Waals surface area contributed by atoms with E-state index in [4.69, 9.17) is 5.26 Å². The molecule has 0 amide bonds. The highest BCUT2D eigenvalue weighted by Crippen LogP contribution is 1.76. The molecule has 0 rings (SSSR count). The first-order valence-corrected chi connectivity index (χ1v) is 1.39. The van der Waals surface area contributed by atoms with Gasteiger partial charge in [0.15, 0.2) is 0 Å². The molecule has 0 fully saturated rings. The quantitative estimate of drug-likeness (QED) is 0.202. The predicted octanol–water partition coefficient (Wildman–Crippen LogP) is -0.00210. The Labute approximate surface area is 28.0 Å². The molecule has 0 aromatic heterocycles. The molecule has 4 heavy (non-hydrogen) atoms. The van der Waals surface area contributed by atoms with Crippen molar-refractivity contribution in [1.29, 1.82) is 0 Å². The van der Waals surface area contributed by atoms with Gasteiger partial charge in [0.05, 0.1) is 0 Å². The largest absolute Gasteiger partial charge is 0.251 e. The average Bonchev–Trinajstić information content (AvgIpc) is 1.37. The molecular formula is H3NO2S. The normalized spacial score (nSPS) is 7.50. The average molecular weight is 81.1 g/mol. The van der Waals surface area contributed by atoms with E-state index in [9.17, 15) is 0 Å². The van der Waals surface area contributed by atoms with Crippen molar-refractivity contribution in [2.75, 3.05) is 0 Å². The molecule has 0 radical (unpaired) electrons. The molecule has 0 bridgehead atoms. The Balaban J connectivity index is 1.97. The van der Waals surface area contributed by atoms with E-state index in [0.717, 1.165) is 0 Å². The molecule has 0 atom stereocenters. The SMILES string of the molecule is NSOO. The summed E-state index contributed by atoms with van der Waals surface area (Å²) in [6, 6.07) is 0. The van der Waals surface area contributed by atoms with E-state index < -0.39 is 0 Å². The van der Waals surface area contributed by atoms with Gasteiger partial charge in [-0.25, -0.2) is 5.26 Å². The van der Waals surface area contributed by atoms with Crippen LogP contribution in [0.3, 0.4) is 0 Å². The summed E-state index contributed by atoms with van der Waals surface area (Å²) in [5.74, 6) is 0. The maximum Gasteiger partial charge on any atom is 0.114 e. The molecule has 3 N–H and O–H groups in total. The highest BCUT2D eigenvalue weighted by atomic mass is 32.2. The number of hydrogen-bond acceptors (Lipinski definition) is 4. The van der Waals surface area contributed by atoms with Gasteiger partial charge in [0.25, 0.3) is 0 Å². The van der Waals surface area contributed by atoms with Gasteiger partial charge in [-0.2, -0.15) is 0 Å². The molecule has 0 aliphatic carbocycles. The van der Waals surface area contributed by atoms with Crippen molar-refractivity contribution >= 4 is 12.2 Å². The lowest BCUT2D eigenvalue weighted by Gasteiger charge is -1.71. The second kappa shape index (κ2) is 3.23. The molecule has 0 unspecified atom stereocenters. The first kappa shape index (κ1) is 4.23. The highest BCUT2D eigenvalue weighted by Gasteiger charge is 1.55. The monoisotopic (exact) mass is 81.0 g/mol. The maximum atomic E-state index is 7.21. The van der Waals surface area contributed by atoms with Gasteiger partial charge in [-0.3, -0.25) is 5.14 Å². The summed E-state index contributed by atoms with van der Waals surface area (Å²) in [4.78, 5) is 0. The van der Waals surface area contributed by atoms with Gasteiger partial charge in [0.2, 0.25) is 0 Å². The molecule has 3 nitrogen and oxygen atoms in total. The molecule has 26 valence electrons. The van der Waals surface area contributed by atoms with Crippen LogP contribution in [0.5, 0.6) is 0 Å². The van der Waals surface area contributed by atoms with Crippen LogP contribution in [0, 0.1) is 0 Å². The standard InChI is InChI=1S/H3NO2S/c1-4-3-2/h2H,1H2. The van der Waals surface area contributed by atoms with Crippen LogP contribution in [-0.2, 0) is 4.33 Å². The first-order valence-electron chi connectivity index (χ1n) is 0.585. The van der Waals surface area contributed by atoms with E-state index >= 15 is 0 Å². The lowest BCUT2D eigenvalue weighted by atomic mass is 13.9. The van der Waals surface area contributed by atoms with Crippen LogP contribution >= 0.6 is 12.2 Å². The van der Waals surface area contributed by atoms with Crippen molar-refractivity contribution in [2.45, 2.75) is 0 Å². The van der Waals surface area contributed by atoms with Crippen molar-refractivity contribution in [3.63, 3.8) is 0 Å². The Kier molecular flexibility index (Phi) is 3.42. The summed E-state index contributed by atoms with van der Waals surface area (Å²) < 4.78 is 3.24. The summed E-state index contributed by atoms with van der Waals surface area (Å²) in [6.45, 7) is 0. The van der Waals surface area contributed by atoms with Crippen LogP contribution in [0.25, 0.3) is 0 Å². The van der Waals surface area contributed by atoms with Crippen molar-refractivity contribution in [1.82, 2.24) is 0 Å². The number of hydrogen-bond donors (Lipinski definition) is 2. The van der Waals surface area contributed by atoms with Gasteiger partial charge in [-0.15, -0.1) is 4.33 Å². The highest BCUT2D eigenvalue weighted by molar-refractivity contribution is 7.92. The Hall–Kier alpha value is 0.230. The van der Waals surface area contributed by atoms with Crippen LogP contribution in [0.15, 0.2) is 0 Å². The van der Waals surface area contributed by atoms with E-state index in [1.54, 1.807) is 0 Å². The number of rotatable bonds is 1. The van der Waals surface area contributed by atoms with E-state index in [1.165, 1.54) is 0 Å².